The van der Waals surface area contributed by atoms with Gasteiger partial charge in [0.15, 0.2) is 5.65 Å². The average Bonchev–Trinajstić information content (AvgIpc) is 3.41. The topological polar surface area (TPSA) is 57.6 Å². The van der Waals surface area contributed by atoms with Gasteiger partial charge < -0.3 is 4.57 Å². The number of nitrogens with zero attached hydrogens (tertiary/aromatic N) is 5. The summed E-state index contributed by atoms with van der Waals surface area (Å²) in [4.78, 5) is 22.4. The van der Waals surface area contributed by atoms with Crippen molar-refractivity contribution in [1.29, 1.82) is 0 Å². The molecule has 0 spiro atoms. The van der Waals surface area contributed by atoms with Crippen LogP contribution in [0.15, 0.2) is 41.2 Å². The van der Waals surface area contributed by atoms with Crippen molar-refractivity contribution < 1.29 is 0 Å². The first-order chi connectivity index (χ1) is 14.0. The Bertz CT molecular complexity index is 1260. The van der Waals surface area contributed by atoms with Crippen LogP contribution < -0.4 is 5.69 Å². The number of pyridine rings is 1. The van der Waals surface area contributed by atoms with Crippen LogP contribution in [0.1, 0.15) is 45.0 Å². The molecule has 1 fully saturated rings. The molecule has 0 unspecified atom stereocenters. The predicted octanol–water partition coefficient (Wildman–Crippen LogP) is 4.63. The highest BCUT2D eigenvalue weighted by Crippen LogP contribution is 2.36. The van der Waals surface area contributed by atoms with Gasteiger partial charge in [0.1, 0.15) is 11.0 Å². The van der Waals surface area contributed by atoms with Gasteiger partial charge in [-0.05, 0) is 49.4 Å². The van der Waals surface area contributed by atoms with E-state index in [9.17, 15) is 4.79 Å². The molecular weight excluding hydrogens is 386 g/mol. The summed E-state index contributed by atoms with van der Waals surface area (Å²) in [5.74, 6) is 1.41. The quantitative estimate of drug-likeness (QED) is 0.436. The zero-order valence-corrected chi connectivity index (χ0v) is 17.4. The number of rotatable bonds is 6. The van der Waals surface area contributed by atoms with Gasteiger partial charge in [0.25, 0.3) is 0 Å². The van der Waals surface area contributed by atoms with Crippen LogP contribution in [0.5, 0.6) is 0 Å². The lowest BCUT2D eigenvalue weighted by atomic mass is 10.1. The molecule has 1 aliphatic carbocycles. The molecule has 29 heavy (non-hydrogen) atoms. The van der Waals surface area contributed by atoms with E-state index in [1.165, 1.54) is 0 Å². The molecule has 6 nitrogen and oxygen atoms in total. The van der Waals surface area contributed by atoms with Gasteiger partial charge in [0.05, 0.1) is 23.1 Å². The molecule has 0 radical (unpaired) electrons. The fourth-order valence-electron chi connectivity index (χ4n) is 4.00. The number of fused-ring (bicyclic) bond motifs is 2. The van der Waals surface area contributed by atoms with E-state index in [1.807, 2.05) is 39.5 Å². The van der Waals surface area contributed by atoms with Crippen LogP contribution in [0, 0.1) is 5.92 Å². The lowest BCUT2D eigenvalue weighted by molar-refractivity contribution is 0.506. The van der Waals surface area contributed by atoms with E-state index >= 15 is 0 Å². The van der Waals surface area contributed by atoms with Crippen LogP contribution in [-0.4, -0.2) is 23.7 Å². The van der Waals surface area contributed by atoms with Crippen molar-refractivity contribution in [2.75, 3.05) is 0 Å². The Morgan fingerprint density at radius 1 is 1.03 bits per heavy atom. The summed E-state index contributed by atoms with van der Waals surface area (Å²) in [5, 5.41) is 0.431. The number of imidazole rings is 2. The van der Waals surface area contributed by atoms with E-state index < -0.39 is 0 Å². The highest BCUT2D eigenvalue weighted by atomic mass is 35.5. The molecule has 150 valence electrons. The second kappa shape index (κ2) is 7.02. The third kappa shape index (κ3) is 3.25. The number of hydrogen-bond donors (Lipinski definition) is 0. The number of halogens is 1. The SMILES string of the molecule is CC(C)CCn1c(Cn2c(=O)n(C3CC3)c3ccccc32)nc2nc(Cl)ccc21. The van der Waals surface area contributed by atoms with Crippen LogP contribution in [0.25, 0.3) is 22.2 Å². The summed E-state index contributed by atoms with van der Waals surface area (Å²) in [6, 6.07) is 12.1. The van der Waals surface area contributed by atoms with E-state index in [1.54, 1.807) is 6.07 Å². The highest BCUT2D eigenvalue weighted by Gasteiger charge is 2.29. The fourth-order valence-corrected chi connectivity index (χ4v) is 4.15. The average molecular weight is 410 g/mol. The van der Waals surface area contributed by atoms with Gasteiger partial charge in [0.2, 0.25) is 0 Å². The standard InChI is InChI=1S/C22H24ClN5O/c1-14(2)11-12-26-18-9-10-19(23)24-21(18)25-20(26)13-27-16-5-3-4-6-17(16)28(22(27)29)15-7-8-15/h3-6,9-10,14-15H,7-8,11-13H2,1-2H3. The van der Waals surface area contributed by atoms with Crippen molar-refractivity contribution in [3.63, 3.8) is 0 Å². The number of aryl methyl sites for hydroxylation is 1. The summed E-state index contributed by atoms with van der Waals surface area (Å²) >= 11 is 6.10. The Hall–Kier alpha value is -2.60. The zero-order valence-electron chi connectivity index (χ0n) is 16.7. The lowest BCUT2D eigenvalue weighted by Gasteiger charge is -2.11. The molecular formula is C22H24ClN5O. The molecule has 1 saturated carbocycles. The Kier molecular flexibility index (Phi) is 4.46. The molecule has 3 heterocycles. The number of aromatic nitrogens is 5. The van der Waals surface area contributed by atoms with Gasteiger partial charge >= 0.3 is 5.69 Å². The van der Waals surface area contributed by atoms with Crippen LogP contribution in [-0.2, 0) is 13.1 Å². The van der Waals surface area contributed by atoms with Gasteiger partial charge in [-0.15, -0.1) is 0 Å². The van der Waals surface area contributed by atoms with Crippen LogP contribution in [0.3, 0.4) is 0 Å². The molecule has 1 aliphatic rings. The first-order valence-corrected chi connectivity index (χ1v) is 10.6. The summed E-state index contributed by atoms with van der Waals surface area (Å²) in [6.45, 7) is 5.68. The molecule has 0 saturated heterocycles. The molecule has 0 amide bonds. The van der Waals surface area contributed by atoms with E-state index in [2.05, 4.69) is 23.4 Å². The Morgan fingerprint density at radius 2 is 1.79 bits per heavy atom. The fraction of sp³-hybridized carbons (Fsp3) is 0.409. The van der Waals surface area contributed by atoms with Gasteiger partial charge in [-0.2, -0.15) is 0 Å². The van der Waals surface area contributed by atoms with Crippen LogP contribution in [0.4, 0.5) is 0 Å². The minimum atomic E-state index is 0.0437. The normalized spacial score (nSPS) is 14.5. The van der Waals surface area contributed by atoms with Crippen molar-refractivity contribution in [3.8, 4) is 0 Å². The first-order valence-electron chi connectivity index (χ1n) is 10.2. The molecule has 3 aromatic heterocycles. The van der Waals surface area contributed by atoms with Gasteiger partial charge in [0, 0.05) is 12.6 Å². The molecule has 1 aromatic carbocycles. The Morgan fingerprint density at radius 3 is 2.52 bits per heavy atom. The van der Waals surface area contributed by atoms with Gasteiger partial charge in [-0.1, -0.05) is 37.6 Å². The van der Waals surface area contributed by atoms with Crippen LogP contribution in [0.2, 0.25) is 5.15 Å². The Balaban J connectivity index is 1.65. The van der Waals surface area contributed by atoms with E-state index in [0.717, 1.165) is 48.2 Å². The monoisotopic (exact) mass is 409 g/mol. The summed E-state index contributed by atoms with van der Waals surface area (Å²) in [6.07, 6.45) is 3.17. The van der Waals surface area contributed by atoms with Gasteiger partial charge in [-0.25, -0.2) is 14.8 Å². The molecule has 0 aliphatic heterocycles. The van der Waals surface area contributed by atoms with Crippen molar-refractivity contribution in [2.45, 2.75) is 52.2 Å². The second-order valence-electron chi connectivity index (χ2n) is 8.30. The highest BCUT2D eigenvalue weighted by molar-refractivity contribution is 6.29. The van der Waals surface area contributed by atoms with E-state index in [0.29, 0.717) is 29.3 Å². The van der Waals surface area contributed by atoms with Crippen LogP contribution >= 0.6 is 11.6 Å². The first kappa shape index (κ1) is 18.4. The van der Waals surface area contributed by atoms with E-state index in [-0.39, 0.29) is 5.69 Å². The van der Waals surface area contributed by atoms with Crippen molar-refractivity contribution in [3.05, 3.63) is 57.9 Å². The maximum absolute atomic E-state index is 13.3. The molecule has 5 rings (SSSR count). The lowest BCUT2D eigenvalue weighted by Crippen LogP contribution is -2.25. The number of benzene rings is 1. The van der Waals surface area contributed by atoms with Crippen molar-refractivity contribution >= 4 is 33.8 Å². The number of hydrogen-bond acceptors (Lipinski definition) is 3. The summed E-state index contributed by atoms with van der Waals surface area (Å²) < 4.78 is 5.99. The summed E-state index contributed by atoms with van der Waals surface area (Å²) in [5.41, 5.74) is 3.60. The minimum absolute atomic E-state index is 0.0437. The van der Waals surface area contributed by atoms with Gasteiger partial charge in [-0.3, -0.25) is 9.13 Å². The molecule has 0 bridgehead atoms. The second-order valence-corrected chi connectivity index (χ2v) is 8.68. The number of para-hydroxylation sites is 2. The minimum Gasteiger partial charge on any atom is -0.325 e. The summed E-state index contributed by atoms with van der Waals surface area (Å²) in [7, 11) is 0. The largest absolute Gasteiger partial charge is 0.329 e. The smallest absolute Gasteiger partial charge is 0.325 e. The molecule has 0 N–H and O–H groups in total. The Labute approximate surface area is 173 Å². The van der Waals surface area contributed by atoms with Crippen molar-refractivity contribution in [2.24, 2.45) is 5.92 Å². The maximum atomic E-state index is 13.3. The zero-order chi connectivity index (χ0) is 20.1. The van der Waals surface area contributed by atoms with Crippen molar-refractivity contribution in [1.82, 2.24) is 23.7 Å². The molecule has 4 aromatic rings. The van der Waals surface area contributed by atoms with E-state index in [4.69, 9.17) is 16.6 Å². The predicted molar refractivity (Wildman–Crippen MR) is 116 cm³/mol. The molecule has 0 atom stereocenters. The third-order valence-corrected chi connectivity index (χ3v) is 5.88. The third-order valence-electron chi connectivity index (χ3n) is 5.67. The maximum Gasteiger partial charge on any atom is 0.329 e. The molecule has 7 heteroatoms.